The van der Waals surface area contributed by atoms with Crippen molar-refractivity contribution in [3.8, 4) is 0 Å². The summed E-state index contributed by atoms with van der Waals surface area (Å²) in [6.07, 6.45) is 1.29. The van der Waals surface area contributed by atoms with Crippen molar-refractivity contribution in [3.05, 3.63) is 28.0 Å². The van der Waals surface area contributed by atoms with Crippen molar-refractivity contribution >= 4 is 35.0 Å². The maximum absolute atomic E-state index is 11.8. The molecule has 1 aromatic heterocycles. The number of carbonyl (C=O) groups excluding carboxylic acids is 2. The first kappa shape index (κ1) is 14.1. The first-order chi connectivity index (χ1) is 9.04. The molecule has 1 atom stereocenters. The molecule has 1 unspecified atom stereocenters. The standard InChI is InChI=1S/C12H13Cl2N3O2/c13-9-4-8(5-10(14)17-9)12(19)15-2-1-7-3-11(18)16-6-7/h4-5,7H,1-3,6H2,(H,15,19)(H,16,18). The van der Waals surface area contributed by atoms with Gasteiger partial charge in [-0.25, -0.2) is 4.98 Å². The monoisotopic (exact) mass is 301 g/mol. The molecular formula is C12H13Cl2N3O2. The smallest absolute Gasteiger partial charge is 0.251 e. The number of rotatable bonds is 4. The van der Waals surface area contributed by atoms with Gasteiger partial charge in [-0.2, -0.15) is 0 Å². The fraction of sp³-hybridized carbons (Fsp3) is 0.417. The summed E-state index contributed by atoms with van der Waals surface area (Å²) in [5.41, 5.74) is 0.380. The lowest BCUT2D eigenvalue weighted by Crippen LogP contribution is -2.26. The molecule has 1 aromatic rings. The van der Waals surface area contributed by atoms with Gasteiger partial charge in [0.1, 0.15) is 10.3 Å². The van der Waals surface area contributed by atoms with Crippen molar-refractivity contribution in [3.63, 3.8) is 0 Å². The van der Waals surface area contributed by atoms with Gasteiger partial charge in [0.25, 0.3) is 5.91 Å². The summed E-state index contributed by atoms with van der Waals surface area (Å²) in [6, 6.07) is 2.92. The van der Waals surface area contributed by atoms with E-state index in [1.807, 2.05) is 0 Å². The molecule has 19 heavy (non-hydrogen) atoms. The predicted molar refractivity (Wildman–Crippen MR) is 72.3 cm³/mol. The number of hydrogen-bond acceptors (Lipinski definition) is 3. The molecule has 102 valence electrons. The average molecular weight is 302 g/mol. The number of amides is 2. The number of aromatic nitrogens is 1. The molecule has 0 saturated carbocycles. The van der Waals surface area contributed by atoms with Crippen LogP contribution in [0.5, 0.6) is 0 Å². The molecular weight excluding hydrogens is 289 g/mol. The molecule has 0 bridgehead atoms. The second-order valence-electron chi connectivity index (χ2n) is 4.42. The molecule has 0 aromatic carbocycles. The highest BCUT2D eigenvalue weighted by Crippen LogP contribution is 2.15. The lowest BCUT2D eigenvalue weighted by Gasteiger charge is -2.09. The van der Waals surface area contributed by atoms with E-state index in [0.717, 1.165) is 6.42 Å². The Bertz CT molecular complexity index is 487. The maximum atomic E-state index is 11.8. The van der Waals surface area contributed by atoms with Crippen LogP contribution >= 0.6 is 23.2 Å². The predicted octanol–water partition coefficient (Wildman–Crippen LogP) is 1.64. The minimum atomic E-state index is -0.247. The SMILES string of the molecule is O=C1CC(CCNC(=O)c2cc(Cl)nc(Cl)c2)CN1. The van der Waals surface area contributed by atoms with Crippen LogP contribution in [0.1, 0.15) is 23.2 Å². The molecule has 0 spiro atoms. The molecule has 1 aliphatic rings. The summed E-state index contributed by atoms with van der Waals surface area (Å²) in [6.45, 7) is 1.19. The Balaban J connectivity index is 1.82. The van der Waals surface area contributed by atoms with E-state index in [1.54, 1.807) is 0 Å². The second kappa shape index (κ2) is 6.21. The third kappa shape index (κ3) is 4.08. The van der Waals surface area contributed by atoms with E-state index in [4.69, 9.17) is 23.2 Å². The molecule has 1 fully saturated rings. The molecule has 2 N–H and O–H groups in total. The molecule has 2 amide bonds. The van der Waals surface area contributed by atoms with Gasteiger partial charge < -0.3 is 10.6 Å². The molecule has 2 heterocycles. The highest BCUT2D eigenvalue weighted by atomic mass is 35.5. The summed E-state index contributed by atoms with van der Waals surface area (Å²) < 4.78 is 0. The van der Waals surface area contributed by atoms with Gasteiger partial charge in [0, 0.05) is 25.1 Å². The Labute approximate surface area is 120 Å². The Morgan fingerprint density at radius 2 is 2.11 bits per heavy atom. The summed E-state index contributed by atoms with van der Waals surface area (Å²) >= 11 is 11.5. The topological polar surface area (TPSA) is 71.1 Å². The fourth-order valence-corrected chi connectivity index (χ4v) is 2.42. The zero-order valence-electron chi connectivity index (χ0n) is 10.1. The summed E-state index contributed by atoms with van der Waals surface area (Å²) in [5.74, 6) is 0.116. The molecule has 2 rings (SSSR count). The normalized spacial score (nSPS) is 18.2. The molecule has 7 heteroatoms. The Kier molecular flexibility index (Phi) is 4.61. The van der Waals surface area contributed by atoms with Gasteiger partial charge in [0.05, 0.1) is 0 Å². The van der Waals surface area contributed by atoms with Crippen molar-refractivity contribution in [2.75, 3.05) is 13.1 Å². The lowest BCUT2D eigenvalue weighted by atomic mass is 10.1. The van der Waals surface area contributed by atoms with Crippen molar-refractivity contribution in [2.45, 2.75) is 12.8 Å². The molecule has 5 nitrogen and oxygen atoms in total. The lowest BCUT2D eigenvalue weighted by molar-refractivity contribution is -0.119. The third-order valence-electron chi connectivity index (χ3n) is 2.93. The van der Waals surface area contributed by atoms with Gasteiger partial charge >= 0.3 is 0 Å². The van der Waals surface area contributed by atoms with Crippen LogP contribution in [0.25, 0.3) is 0 Å². The van der Waals surface area contributed by atoms with Crippen LogP contribution in [-0.2, 0) is 4.79 Å². The van der Waals surface area contributed by atoms with E-state index in [0.29, 0.717) is 25.1 Å². The largest absolute Gasteiger partial charge is 0.356 e. The number of pyridine rings is 1. The highest BCUT2D eigenvalue weighted by Gasteiger charge is 2.21. The minimum absolute atomic E-state index is 0.0732. The Morgan fingerprint density at radius 1 is 1.42 bits per heavy atom. The number of hydrogen-bond donors (Lipinski definition) is 2. The van der Waals surface area contributed by atoms with Crippen molar-refractivity contribution in [1.82, 2.24) is 15.6 Å². The number of nitrogens with zero attached hydrogens (tertiary/aromatic N) is 1. The Morgan fingerprint density at radius 3 is 2.68 bits per heavy atom. The average Bonchev–Trinajstić information content (AvgIpc) is 2.73. The second-order valence-corrected chi connectivity index (χ2v) is 5.19. The zero-order valence-corrected chi connectivity index (χ0v) is 11.6. The summed E-state index contributed by atoms with van der Waals surface area (Å²) in [7, 11) is 0. The highest BCUT2D eigenvalue weighted by molar-refractivity contribution is 6.33. The van der Waals surface area contributed by atoms with Gasteiger partial charge in [0.15, 0.2) is 0 Å². The van der Waals surface area contributed by atoms with Gasteiger partial charge in [-0.1, -0.05) is 23.2 Å². The first-order valence-corrected chi connectivity index (χ1v) is 6.68. The van der Waals surface area contributed by atoms with Crippen LogP contribution in [0.3, 0.4) is 0 Å². The van der Waals surface area contributed by atoms with Crippen LogP contribution in [0.15, 0.2) is 12.1 Å². The number of nitrogens with one attached hydrogen (secondary N) is 2. The summed E-state index contributed by atoms with van der Waals surface area (Å²) in [5, 5.41) is 5.90. The van der Waals surface area contributed by atoms with Crippen LogP contribution in [0, 0.1) is 5.92 Å². The van der Waals surface area contributed by atoms with Crippen LogP contribution in [0.4, 0.5) is 0 Å². The quantitative estimate of drug-likeness (QED) is 0.831. The van der Waals surface area contributed by atoms with Crippen molar-refractivity contribution in [2.24, 2.45) is 5.92 Å². The van der Waals surface area contributed by atoms with Crippen LogP contribution < -0.4 is 10.6 Å². The minimum Gasteiger partial charge on any atom is -0.356 e. The van der Waals surface area contributed by atoms with Crippen molar-refractivity contribution < 1.29 is 9.59 Å². The van der Waals surface area contributed by atoms with Gasteiger partial charge in [-0.3, -0.25) is 9.59 Å². The van der Waals surface area contributed by atoms with Gasteiger partial charge in [-0.05, 0) is 24.5 Å². The van der Waals surface area contributed by atoms with Gasteiger partial charge in [-0.15, -0.1) is 0 Å². The number of carbonyl (C=O) groups is 2. The first-order valence-electron chi connectivity index (χ1n) is 5.92. The van der Waals surface area contributed by atoms with E-state index in [-0.39, 0.29) is 28.0 Å². The summed E-state index contributed by atoms with van der Waals surface area (Å²) in [4.78, 5) is 26.6. The van der Waals surface area contributed by atoms with E-state index in [9.17, 15) is 9.59 Å². The molecule has 1 aliphatic heterocycles. The van der Waals surface area contributed by atoms with E-state index in [2.05, 4.69) is 15.6 Å². The number of halogens is 2. The molecule has 0 radical (unpaired) electrons. The van der Waals surface area contributed by atoms with E-state index >= 15 is 0 Å². The van der Waals surface area contributed by atoms with Crippen molar-refractivity contribution in [1.29, 1.82) is 0 Å². The maximum Gasteiger partial charge on any atom is 0.251 e. The van der Waals surface area contributed by atoms with Gasteiger partial charge in [0.2, 0.25) is 5.91 Å². The van der Waals surface area contributed by atoms with Crippen LogP contribution in [-0.4, -0.2) is 29.9 Å². The van der Waals surface area contributed by atoms with Crippen LogP contribution in [0.2, 0.25) is 10.3 Å². The zero-order chi connectivity index (χ0) is 13.8. The van der Waals surface area contributed by atoms with E-state index in [1.165, 1.54) is 12.1 Å². The Hall–Kier alpha value is -1.33. The molecule has 1 saturated heterocycles. The third-order valence-corrected chi connectivity index (χ3v) is 3.31. The fourth-order valence-electron chi connectivity index (χ4n) is 1.96. The molecule has 0 aliphatic carbocycles. The van der Waals surface area contributed by atoms with E-state index < -0.39 is 0 Å².